The highest BCUT2D eigenvalue weighted by Gasteiger charge is 1.97. The largest absolute Gasteiger partial charge is 0.115 e. The van der Waals surface area contributed by atoms with Crippen LogP contribution < -0.4 is 0 Å². The van der Waals surface area contributed by atoms with Crippen molar-refractivity contribution in [3.8, 4) is 24.7 Å². The summed E-state index contributed by atoms with van der Waals surface area (Å²) < 4.78 is 0. The lowest BCUT2D eigenvalue weighted by Gasteiger charge is -2.01. The maximum absolute atomic E-state index is 5.23. The van der Waals surface area contributed by atoms with Gasteiger partial charge in [0.05, 0.1) is 0 Å². The monoisotopic (exact) mass is 178 g/mol. The molecule has 0 aliphatic heterocycles. The van der Waals surface area contributed by atoms with Gasteiger partial charge in [0.1, 0.15) is 0 Å². The van der Waals surface area contributed by atoms with Gasteiger partial charge in [-0.3, -0.25) is 0 Å². The highest BCUT2D eigenvalue weighted by molar-refractivity contribution is 5.80. The molecular formula is C14H10. The third-order valence-electron chi connectivity index (χ3n) is 1.93. The van der Waals surface area contributed by atoms with Crippen molar-refractivity contribution >= 4 is 11.1 Å². The van der Waals surface area contributed by atoms with E-state index in [0.717, 1.165) is 11.1 Å². The topological polar surface area (TPSA) is 0 Å². The molecule has 0 fully saturated rings. The fourth-order valence-corrected chi connectivity index (χ4v) is 1.04. The quantitative estimate of drug-likeness (QED) is 0.611. The first-order chi connectivity index (χ1) is 6.69. The lowest BCUT2D eigenvalue weighted by molar-refractivity contribution is 1.59. The molecule has 0 saturated heterocycles. The van der Waals surface area contributed by atoms with Crippen molar-refractivity contribution in [3.05, 3.63) is 48.6 Å². The maximum Gasteiger partial charge on any atom is 0.0243 e. The van der Waals surface area contributed by atoms with Gasteiger partial charge in [0.15, 0.2) is 0 Å². The van der Waals surface area contributed by atoms with E-state index in [2.05, 4.69) is 25.0 Å². The molecule has 0 bridgehead atoms. The van der Waals surface area contributed by atoms with Crippen molar-refractivity contribution in [1.29, 1.82) is 0 Å². The Morgan fingerprint density at radius 2 is 1.14 bits per heavy atom. The van der Waals surface area contributed by atoms with Crippen molar-refractivity contribution in [2.75, 3.05) is 0 Å². The molecule has 0 N–H and O–H groups in total. The van der Waals surface area contributed by atoms with Crippen LogP contribution in [0.25, 0.3) is 11.1 Å². The number of allylic oxidation sites excluding steroid dienone is 2. The first kappa shape index (κ1) is 9.90. The normalized spacial score (nSPS) is 8.43. The highest BCUT2D eigenvalue weighted by Crippen LogP contribution is 2.16. The van der Waals surface area contributed by atoms with Crippen molar-refractivity contribution in [2.24, 2.45) is 0 Å². The van der Waals surface area contributed by atoms with Gasteiger partial charge in [-0.15, -0.1) is 12.8 Å². The Bertz CT molecular complexity index is 399. The van der Waals surface area contributed by atoms with Crippen LogP contribution in [0.1, 0.15) is 11.1 Å². The summed E-state index contributed by atoms with van der Waals surface area (Å²) in [5.74, 6) is 4.97. The van der Waals surface area contributed by atoms with Gasteiger partial charge in [0.2, 0.25) is 0 Å². The summed E-state index contributed by atoms with van der Waals surface area (Å²) in [6.45, 7) is 7.48. The second kappa shape index (κ2) is 4.17. The first-order valence-electron chi connectivity index (χ1n) is 4.11. The molecule has 0 saturated carbocycles. The van der Waals surface area contributed by atoms with E-state index < -0.39 is 0 Å². The molecule has 0 amide bonds. The van der Waals surface area contributed by atoms with Gasteiger partial charge in [-0.2, -0.15) is 0 Å². The van der Waals surface area contributed by atoms with Crippen molar-refractivity contribution in [2.45, 2.75) is 0 Å². The molecule has 0 aliphatic rings. The zero-order valence-electron chi connectivity index (χ0n) is 7.88. The van der Waals surface area contributed by atoms with Gasteiger partial charge in [-0.05, 0) is 11.1 Å². The minimum atomic E-state index is 0.669. The fourth-order valence-electron chi connectivity index (χ4n) is 1.04. The number of hydrogen-bond donors (Lipinski definition) is 0. The van der Waals surface area contributed by atoms with Gasteiger partial charge in [-0.1, -0.05) is 49.3 Å². The zero-order valence-corrected chi connectivity index (χ0v) is 7.88. The Kier molecular flexibility index (Phi) is 2.95. The van der Waals surface area contributed by atoms with E-state index in [0.29, 0.717) is 11.1 Å². The summed E-state index contributed by atoms with van der Waals surface area (Å²) in [6, 6.07) is 7.56. The molecule has 1 aromatic rings. The molecule has 1 rings (SSSR count). The average molecular weight is 178 g/mol. The lowest BCUT2D eigenvalue weighted by atomic mass is 10.0. The summed E-state index contributed by atoms with van der Waals surface area (Å²) in [4.78, 5) is 0. The van der Waals surface area contributed by atoms with Crippen LogP contribution in [0.2, 0.25) is 0 Å². The second-order valence-electron chi connectivity index (χ2n) is 2.82. The molecule has 66 valence electrons. The van der Waals surface area contributed by atoms with Crippen LogP contribution in [0.5, 0.6) is 0 Å². The van der Waals surface area contributed by atoms with Crippen LogP contribution in [0.15, 0.2) is 37.4 Å². The summed E-state index contributed by atoms with van der Waals surface area (Å²) >= 11 is 0. The molecule has 0 spiro atoms. The second-order valence-corrected chi connectivity index (χ2v) is 2.82. The van der Waals surface area contributed by atoms with E-state index >= 15 is 0 Å². The van der Waals surface area contributed by atoms with Crippen LogP contribution in [-0.2, 0) is 0 Å². The Morgan fingerprint density at radius 1 is 0.857 bits per heavy atom. The molecule has 0 heterocycles. The molecule has 0 heteroatoms. The molecule has 14 heavy (non-hydrogen) atoms. The molecule has 0 unspecified atom stereocenters. The van der Waals surface area contributed by atoms with Gasteiger partial charge in [-0.25, -0.2) is 0 Å². The van der Waals surface area contributed by atoms with Gasteiger partial charge < -0.3 is 0 Å². The Labute approximate surface area is 85.0 Å². The molecule has 0 radical (unpaired) electrons. The van der Waals surface area contributed by atoms with Gasteiger partial charge in [0, 0.05) is 11.1 Å². The molecule has 1 aromatic carbocycles. The van der Waals surface area contributed by atoms with E-state index in [-0.39, 0.29) is 0 Å². The van der Waals surface area contributed by atoms with E-state index in [1.54, 1.807) is 0 Å². The standard InChI is InChI=1S/C14H10/c1-5-11(3)13-7-9-14(10-8-13)12(4)6-2/h1-2,7-10H,3-4H2. The van der Waals surface area contributed by atoms with Crippen LogP contribution in [0.3, 0.4) is 0 Å². The van der Waals surface area contributed by atoms with Crippen LogP contribution in [0, 0.1) is 24.7 Å². The molecular weight excluding hydrogens is 168 g/mol. The summed E-state index contributed by atoms with van der Waals surface area (Å²) in [5.41, 5.74) is 3.20. The van der Waals surface area contributed by atoms with E-state index in [4.69, 9.17) is 12.8 Å². The van der Waals surface area contributed by atoms with Crippen molar-refractivity contribution in [3.63, 3.8) is 0 Å². The van der Waals surface area contributed by atoms with E-state index in [1.807, 2.05) is 24.3 Å². The first-order valence-corrected chi connectivity index (χ1v) is 4.11. The van der Waals surface area contributed by atoms with Gasteiger partial charge >= 0.3 is 0 Å². The minimum Gasteiger partial charge on any atom is -0.115 e. The van der Waals surface area contributed by atoms with Crippen molar-refractivity contribution in [1.82, 2.24) is 0 Å². The number of rotatable bonds is 2. The lowest BCUT2D eigenvalue weighted by Crippen LogP contribution is -1.82. The predicted octanol–water partition coefficient (Wildman–Crippen LogP) is 2.98. The fraction of sp³-hybridized carbons (Fsp3) is 0. The molecule has 0 nitrogen and oxygen atoms in total. The minimum absolute atomic E-state index is 0.669. The summed E-state index contributed by atoms with van der Waals surface area (Å²) in [6.07, 6.45) is 10.5. The summed E-state index contributed by atoms with van der Waals surface area (Å²) in [7, 11) is 0. The van der Waals surface area contributed by atoms with Gasteiger partial charge in [0.25, 0.3) is 0 Å². The number of benzene rings is 1. The smallest absolute Gasteiger partial charge is 0.0243 e. The van der Waals surface area contributed by atoms with Crippen LogP contribution >= 0.6 is 0 Å². The van der Waals surface area contributed by atoms with E-state index in [9.17, 15) is 0 Å². The predicted molar refractivity (Wildman–Crippen MR) is 62.2 cm³/mol. The zero-order chi connectivity index (χ0) is 10.6. The van der Waals surface area contributed by atoms with Crippen molar-refractivity contribution < 1.29 is 0 Å². The number of terminal acetylenes is 2. The number of hydrogen-bond acceptors (Lipinski definition) is 0. The van der Waals surface area contributed by atoms with E-state index in [1.165, 1.54) is 0 Å². The Morgan fingerprint density at radius 3 is 1.36 bits per heavy atom. The third-order valence-corrected chi connectivity index (χ3v) is 1.93. The third kappa shape index (κ3) is 1.94. The summed E-state index contributed by atoms with van der Waals surface area (Å²) in [5, 5.41) is 0. The molecule has 0 atom stereocenters. The average Bonchev–Trinajstić information content (AvgIpc) is 2.27. The SMILES string of the molecule is C#CC(=C)c1ccc(C(=C)C#C)cc1. The Hall–Kier alpha value is -2.18. The van der Waals surface area contributed by atoms with Crippen LogP contribution in [0.4, 0.5) is 0 Å². The van der Waals surface area contributed by atoms with Crippen LogP contribution in [-0.4, -0.2) is 0 Å². The maximum atomic E-state index is 5.23. The molecule has 0 aliphatic carbocycles. The highest BCUT2D eigenvalue weighted by atomic mass is 14.0. The molecule has 0 aromatic heterocycles. The Balaban J connectivity index is 3.03.